The number of fused-ring (bicyclic) bond motifs is 3. The first kappa shape index (κ1) is 22.1. The average Bonchev–Trinajstić information content (AvgIpc) is 2.76. The molecule has 0 unspecified atom stereocenters. The lowest BCUT2D eigenvalue weighted by Gasteiger charge is -2.39. The molecule has 1 saturated heterocycles. The highest BCUT2D eigenvalue weighted by atomic mass is 16.5. The molecule has 8 heteroatoms. The number of amides is 2. The third-order valence-corrected chi connectivity index (χ3v) is 6.00. The van der Waals surface area contributed by atoms with Crippen LogP contribution in [0.1, 0.15) is 42.1 Å². The summed E-state index contributed by atoms with van der Waals surface area (Å²) in [6.45, 7) is 2.40. The van der Waals surface area contributed by atoms with E-state index in [1.165, 1.54) is 4.90 Å². The summed E-state index contributed by atoms with van der Waals surface area (Å²) in [4.78, 5) is 29.1. The smallest absolute Gasteiger partial charge is 0.258 e. The molecular formula is C22H29N3O5. The zero-order valence-corrected chi connectivity index (χ0v) is 18.0. The van der Waals surface area contributed by atoms with Crippen LogP contribution < -0.4 is 4.74 Å². The van der Waals surface area contributed by atoms with Crippen molar-refractivity contribution >= 4 is 11.8 Å². The van der Waals surface area contributed by atoms with Gasteiger partial charge in [-0.25, -0.2) is 0 Å². The Morgan fingerprint density at radius 1 is 1.20 bits per heavy atom. The number of likely N-dealkylation sites (N-methyl/N-ethyl adjacent to an activating group) is 2. The van der Waals surface area contributed by atoms with Gasteiger partial charge in [0.1, 0.15) is 24.0 Å². The summed E-state index contributed by atoms with van der Waals surface area (Å²) in [5.41, 5.74) is 0.567. The Hall–Kier alpha value is -2.63. The van der Waals surface area contributed by atoms with Crippen molar-refractivity contribution in [3.63, 3.8) is 0 Å². The number of carbonyl (C=O) groups is 2. The number of carbonyl (C=O) groups excluding carboxylic acids is 2. The zero-order chi connectivity index (χ0) is 21.8. The fourth-order valence-electron chi connectivity index (χ4n) is 4.03. The number of methoxy groups -OCH3 is 1. The molecule has 0 spiro atoms. The van der Waals surface area contributed by atoms with Crippen LogP contribution >= 0.6 is 0 Å². The first-order valence-electron chi connectivity index (χ1n) is 10.2. The summed E-state index contributed by atoms with van der Waals surface area (Å²) in [6.07, 6.45) is 1.89. The van der Waals surface area contributed by atoms with Gasteiger partial charge in [-0.05, 0) is 31.9 Å². The lowest BCUT2D eigenvalue weighted by molar-refractivity contribution is -0.152. The van der Waals surface area contributed by atoms with Crippen molar-refractivity contribution in [1.82, 2.24) is 9.80 Å². The van der Waals surface area contributed by atoms with Gasteiger partial charge >= 0.3 is 0 Å². The molecule has 0 N–H and O–H groups in total. The highest BCUT2D eigenvalue weighted by Crippen LogP contribution is 2.28. The molecule has 0 aliphatic carbocycles. The van der Waals surface area contributed by atoms with E-state index in [4.69, 9.17) is 14.2 Å². The second-order valence-corrected chi connectivity index (χ2v) is 7.89. The maximum absolute atomic E-state index is 13.2. The minimum Gasteiger partial charge on any atom is -0.491 e. The van der Waals surface area contributed by atoms with Crippen LogP contribution in [0.3, 0.4) is 0 Å². The molecule has 2 amide bonds. The number of hydrogen-bond donors (Lipinski definition) is 0. The first-order chi connectivity index (χ1) is 14.4. The molecule has 2 heterocycles. The highest BCUT2D eigenvalue weighted by Gasteiger charge is 2.35. The summed E-state index contributed by atoms with van der Waals surface area (Å²) in [6, 6.07) is 6.29. The molecule has 3 rings (SSSR count). The van der Waals surface area contributed by atoms with Gasteiger partial charge < -0.3 is 24.0 Å². The molecule has 8 nitrogen and oxygen atoms in total. The molecule has 162 valence electrons. The third kappa shape index (κ3) is 4.42. The SMILES string of the molecule is CO[C@@H]1CC[C@H]2CCOc3c(C#N)cccc3C(=O)N(C)[C@H](C)C(=O)N(C)C[C@@H]1O2. The number of nitriles is 1. The second kappa shape index (κ2) is 9.45. The Labute approximate surface area is 177 Å². The van der Waals surface area contributed by atoms with Gasteiger partial charge in [-0.2, -0.15) is 5.26 Å². The van der Waals surface area contributed by atoms with Crippen molar-refractivity contribution in [3.8, 4) is 11.8 Å². The summed E-state index contributed by atoms with van der Waals surface area (Å²) in [7, 11) is 4.95. The molecule has 0 saturated carbocycles. The van der Waals surface area contributed by atoms with Gasteiger partial charge in [-0.1, -0.05) is 6.07 Å². The maximum Gasteiger partial charge on any atom is 0.258 e. The summed E-state index contributed by atoms with van der Waals surface area (Å²) >= 11 is 0. The molecule has 1 fully saturated rings. The Balaban J connectivity index is 1.96. The fourth-order valence-corrected chi connectivity index (χ4v) is 4.03. The van der Waals surface area contributed by atoms with Crippen LogP contribution in [0.15, 0.2) is 18.2 Å². The molecule has 1 aromatic rings. The van der Waals surface area contributed by atoms with Crippen LogP contribution in [0.2, 0.25) is 0 Å². The zero-order valence-electron chi connectivity index (χ0n) is 18.0. The number of ether oxygens (including phenoxy) is 3. The van der Waals surface area contributed by atoms with Crippen LogP contribution in [0.4, 0.5) is 0 Å². The van der Waals surface area contributed by atoms with Crippen molar-refractivity contribution in [2.75, 3.05) is 34.4 Å². The monoisotopic (exact) mass is 415 g/mol. The molecule has 4 atom stereocenters. The van der Waals surface area contributed by atoms with Crippen LogP contribution in [0.25, 0.3) is 0 Å². The highest BCUT2D eigenvalue weighted by molar-refractivity contribution is 6.00. The normalized spacial score (nSPS) is 28.2. The number of benzene rings is 1. The largest absolute Gasteiger partial charge is 0.491 e. The van der Waals surface area contributed by atoms with E-state index < -0.39 is 6.04 Å². The van der Waals surface area contributed by atoms with E-state index >= 15 is 0 Å². The van der Waals surface area contributed by atoms with Gasteiger partial charge in [0.15, 0.2) is 0 Å². The van der Waals surface area contributed by atoms with Crippen LogP contribution in [-0.4, -0.2) is 80.3 Å². The summed E-state index contributed by atoms with van der Waals surface area (Å²) in [5, 5.41) is 9.49. The van der Waals surface area contributed by atoms with Gasteiger partial charge in [-0.3, -0.25) is 9.59 Å². The van der Waals surface area contributed by atoms with Gasteiger partial charge in [0.05, 0.1) is 29.9 Å². The van der Waals surface area contributed by atoms with E-state index in [0.29, 0.717) is 25.1 Å². The molecule has 2 bridgehead atoms. The Morgan fingerprint density at radius 2 is 1.97 bits per heavy atom. The molecule has 1 aromatic carbocycles. The van der Waals surface area contributed by atoms with E-state index in [-0.39, 0.29) is 41.4 Å². The number of rotatable bonds is 1. The topological polar surface area (TPSA) is 92.1 Å². The average molecular weight is 415 g/mol. The van der Waals surface area contributed by atoms with Gasteiger partial charge in [0.2, 0.25) is 5.91 Å². The lowest BCUT2D eigenvalue weighted by atomic mass is 9.98. The van der Waals surface area contributed by atoms with Crippen molar-refractivity contribution in [2.24, 2.45) is 0 Å². The standard InChI is InChI=1S/C22H29N3O5/c1-14-21(26)24(2)13-19-18(28-4)9-8-16(30-19)10-11-29-20-15(12-23)6-5-7-17(20)22(27)25(14)3/h5-7,14,16,18-19H,8-11,13H2,1-4H3/t14-,16+,18-,19+/m1/s1. The predicted molar refractivity (Wildman–Crippen MR) is 109 cm³/mol. The van der Waals surface area contributed by atoms with E-state index in [1.54, 1.807) is 51.2 Å². The van der Waals surface area contributed by atoms with Crippen molar-refractivity contribution in [2.45, 2.75) is 50.5 Å². The third-order valence-electron chi connectivity index (χ3n) is 6.00. The molecular weight excluding hydrogens is 386 g/mol. The maximum atomic E-state index is 13.2. The van der Waals surface area contributed by atoms with Crippen LogP contribution in [0.5, 0.6) is 5.75 Å². The summed E-state index contributed by atoms with van der Waals surface area (Å²) in [5.74, 6) is -0.300. The molecule has 0 radical (unpaired) electrons. The second-order valence-electron chi connectivity index (χ2n) is 7.89. The Kier molecular flexibility index (Phi) is 6.95. The van der Waals surface area contributed by atoms with Crippen LogP contribution in [-0.2, 0) is 14.3 Å². The molecule has 2 aliphatic rings. The Morgan fingerprint density at radius 3 is 2.67 bits per heavy atom. The lowest BCUT2D eigenvalue weighted by Crippen LogP contribution is -2.52. The fraction of sp³-hybridized carbons (Fsp3) is 0.591. The number of hydrogen-bond acceptors (Lipinski definition) is 6. The van der Waals surface area contributed by atoms with E-state index in [2.05, 4.69) is 6.07 Å². The van der Waals surface area contributed by atoms with Crippen molar-refractivity contribution in [3.05, 3.63) is 29.3 Å². The molecule has 0 aromatic heterocycles. The van der Waals surface area contributed by atoms with Gasteiger partial charge in [-0.15, -0.1) is 0 Å². The Bertz CT molecular complexity index is 837. The van der Waals surface area contributed by atoms with E-state index in [1.807, 2.05) is 0 Å². The number of para-hydroxylation sites is 1. The van der Waals surface area contributed by atoms with Gasteiger partial charge in [0.25, 0.3) is 5.91 Å². The van der Waals surface area contributed by atoms with Gasteiger partial charge in [0, 0.05) is 34.2 Å². The van der Waals surface area contributed by atoms with Crippen LogP contribution in [0, 0.1) is 11.3 Å². The van der Waals surface area contributed by atoms with Crippen molar-refractivity contribution < 1.29 is 23.8 Å². The minimum absolute atomic E-state index is 0.0404. The molecule has 2 aliphatic heterocycles. The molecule has 30 heavy (non-hydrogen) atoms. The van der Waals surface area contributed by atoms with E-state index in [9.17, 15) is 14.9 Å². The quantitative estimate of drug-likeness (QED) is 0.695. The van der Waals surface area contributed by atoms with Crippen molar-refractivity contribution in [1.29, 1.82) is 5.26 Å². The summed E-state index contributed by atoms with van der Waals surface area (Å²) < 4.78 is 17.7. The predicted octanol–water partition coefficient (Wildman–Crippen LogP) is 1.82. The van der Waals surface area contributed by atoms with E-state index in [0.717, 1.165) is 12.8 Å². The first-order valence-corrected chi connectivity index (χ1v) is 10.2. The number of nitrogens with zero attached hydrogens (tertiary/aromatic N) is 3. The minimum atomic E-state index is -0.690.